The summed E-state index contributed by atoms with van der Waals surface area (Å²) in [5.74, 6) is -4.74. The van der Waals surface area contributed by atoms with Crippen LogP contribution in [0.1, 0.15) is 6.92 Å². The second kappa shape index (κ2) is 5.52. The van der Waals surface area contributed by atoms with Crippen LogP contribution in [0.3, 0.4) is 0 Å². The fourth-order valence-electron chi connectivity index (χ4n) is 1.46. The zero-order valence-corrected chi connectivity index (χ0v) is 11.1. The van der Waals surface area contributed by atoms with Crippen molar-refractivity contribution in [2.24, 2.45) is 0 Å². The van der Waals surface area contributed by atoms with Crippen molar-refractivity contribution in [1.82, 2.24) is 0 Å². The molecule has 1 aromatic rings. The number of likely N-dealkylation sites (N-methyl/N-ethyl adjacent to an activating group) is 1. The molecule has 1 unspecified atom stereocenters. The number of alkyl halides is 2. The van der Waals surface area contributed by atoms with Crippen molar-refractivity contribution in [2.75, 3.05) is 11.9 Å². The number of hydrogen-bond donors (Lipinski definition) is 1. The standard InChI is InChI=1S/C11H13F2NO4S/c1-7(10(15)16)14(2)8-5-3-4-6-9(8)19(17,18)11(12)13/h3-7,11H,1-2H3,(H,15,16). The largest absolute Gasteiger partial charge is 0.480 e. The summed E-state index contributed by atoms with van der Waals surface area (Å²) in [5, 5.41) is 8.88. The SMILES string of the molecule is CC(C(=O)O)N(C)c1ccccc1S(=O)(=O)C(F)F. The lowest BCUT2D eigenvalue weighted by molar-refractivity contribution is -0.138. The van der Waals surface area contributed by atoms with Crippen LogP contribution in [0, 0.1) is 0 Å². The van der Waals surface area contributed by atoms with Crippen LogP contribution in [-0.2, 0) is 14.6 Å². The van der Waals surface area contributed by atoms with E-state index in [0.29, 0.717) is 0 Å². The molecule has 0 amide bonds. The smallest absolute Gasteiger partial charge is 0.341 e. The van der Waals surface area contributed by atoms with E-state index in [-0.39, 0.29) is 5.69 Å². The molecule has 19 heavy (non-hydrogen) atoms. The third-order valence-electron chi connectivity index (χ3n) is 2.72. The number of benzene rings is 1. The molecule has 1 N–H and O–H groups in total. The molecule has 8 heteroatoms. The van der Waals surface area contributed by atoms with Crippen molar-refractivity contribution < 1.29 is 27.1 Å². The first-order valence-corrected chi connectivity index (χ1v) is 6.81. The highest BCUT2D eigenvalue weighted by Gasteiger charge is 2.31. The predicted octanol–water partition coefficient (Wildman–Crippen LogP) is 1.59. The van der Waals surface area contributed by atoms with Gasteiger partial charge in [0.25, 0.3) is 0 Å². The van der Waals surface area contributed by atoms with E-state index in [9.17, 15) is 22.0 Å². The van der Waals surface area contributed by atoms with Gasteiger partial charge < -0.3 is 10.0 Å². The minimum absolute atomic E-state index is 0.0716. The van der Waals surface area contributed by atoms with Crippen LogP contribution < -0.4 is 4.90 Å². The van der Waals surface area contributed by atoms with E-state index < -0.39 is 32.5 Å². The maximum absolute atomic E-state index is 12.6. The number of para-hydroxylation sites is 1. The lowest BCUT2D eigenvalue weighted by Crippen LogP contribution is -2.36. The van der Waals surface area contributed by atoms with E-state index in [1.54, 1.807) is 0 Å². The van der Waals surface area contributed by atoms with Crippen molar-refractivity contribution in [1.29, 1.82) is 0 Å². The molecule has 0 aliphatic carbocycles. The summed E-state index contributed by atoms with van der Waals surface area (Å²) in [5.41, 5.74) is -0.0716. The predicted molar refractivity (Wildman–Crippen MR) is 65.1 cm³/mol. The first kappa shape index (κ1) is 15.4. The fraction of sp³-hybridized carbons (Fsp3) is 0.364. The number of sulfone groups is 1. The molecule has 1 aromatic carbocycles. The number of aliphatic carboxylic acids is 1. The highest BCUT2D eigenvalue weighted by Crippen LogP contribution is 2.29. The van der Waals surface area contributed by atoms with Crippen molar-refractivity contribution in [3.05, 3.63) is 24.3 Å². The van der Waals surface area contributed by atoms with Gasteiger partial charge in [-0.1, -0.05) is 12.1 Å². The Bertz CT molecular complexity index is 574. The van der Waals surface area contributed by atoms with E-state index in [4.69, 9.17) is 5.11 Å². The maximum Gasteiger partial charge on any atom is 0.341 e. The monoisotopic (exact) mass is 293 g/mol. The Morgan fingerprint density at radius 2 is 1.84 bits per heavy atom. The molecule has 0 aliphatic heterocycles. The van der Waals surface area contributed by atoms with Gasteiger partial charge in [-0.3, -0.25) is 0 Å². The number of carboxylic acids is 1. The number of carboxylic acid groups (broad SMARTS) is 1. The van der Waals surface area contributed by atoms with Crippen LogP contribution in [0.25, 0.3) is 0 Å². The van der Waals surface area contributed by atoms with Crippen LogP contribution in [0.2, 0.25) is 0 Å². The van der Waals surface area contributed by atoms with Gasteiger partial charge in [0.2, 0.25) is 9.84 Å². The van der Waals surface area contributed by atoms with Crippen LogP contribution in [0.5, 0.6) is 0 Å². The summed E-state index contributed by atoms with van der Waals surface area (Å²) in [6.45, 7) is 1.33. The summed E-state index contributed by atoms with van der Waals surface area (Å²) in [7, 11) is -3.45. The topological polar surface area (TPSA) is 74.7 Å². The Hall–Kier alpha value is -1.70. The van der Waals surface area contributed by atoms with Gasteiger partial charge >= 0.3 is 11.7 Å². The number of nitrogens with zero attached hydrogens (tertiary/aromatic N) is 1. The van der Waals surface area contributed by atoms with Crippen LogP contribution in [0.4, 0.5) is 14.5 Å². The molecule has 0 bridgehead atoms. The van der Waals surface area contributed by atoms with E-state index in [2.05, 4.69) is 0 Å². The van der Waals surface area contributed by atoms with E-state index in [1.165, 1.54) is 32.2 Å². The Morgan fingerprint density at radius 1 is 1.32 bits per heavy atom. The first-order chi connectivity index (χ1) is 8.69. The fourth-order valence-corrected chi connectivity index (χ4v) is 2.42. The van der Waals surface area contributed by atoms with Gasteiger partial charge in [0.1, 0.15) is 6.04 Å². The molecule has 0 aromatic heterocycles. The quantitative estimate of drug-likeness (QED) is 0.892. The maximum atomic E-state index is 12.6. The normalized spacial score (nSPS) is 13.3. The Labute approximate surface area is 109 Å². The molecule has 0 heterocycles. The summed E-state index contributed by atoms with van der Waals surface area (Å²) < 4.78 is 48.2. The Morgan fingerprint density at radius 3 is 2.32 bits per heavy atom. The Kier molecular flexibility index (Phi) is 4.46. The highest BCUT2D eigenvalue weighted by atomic mass is 32.2. The minimum atomic E-state index is -4.78. The third kappa shape index (κ3) is 3.01. The van der Waals surface area contributed by atoms with Gasteiger partial charge in [0, 0.05) is 7.05 Å². The molecule has 0 aliphatic rings. The van der Waals surface area contributed by atoms with Crippen molar-refractivity contribution in [3.8, 4) is 0 Å². The molecule has 0 fully saturated rings. The van der Waals surface area contributed by atoms with Crippen molar-refractivity contribution in [3.63, 3.8) is 0 Å². The second-order valence-corrected chi connectivity index (χ2v) is 5.78. The van der Waals surface area contributed by atoms with E-state index in [1.807, 2.05) is 0 Å². The molecule has 5 nitrogen and oxygen atoms in total. The third-order valence-corrected chi connectivity index (χ3v) is 4.15. The average molecular weight is 293 g/mol. The van der Waals surface area contributed by atoms with Crippen LogP contribution >= 0.6 is 0 Å². The van der Waals surface area contributed by atoms with E-state index >= 15 is 0 Å². The molecule has 0 saturated carbocycles. The molecule has 1 atom stereocenters. The van der Waals surface area contributed by atoms with Gasteiger partial charge in [-0.15, -0.1) is 0 Å². The number of hydrogen-bond acceptors (Lipinski definition) is 4. The molecule has 0 radical (unpaired) electrons. The van der Waals surface area contributed by atoms with Gasteiger partial charge in [0.05, 0.1) is 10.6 Å². The van der Waals surface area contributed by atoms with Crippen molar-refractivity contribution >= 4 is 21.5 Å². The molecule has 1 rings (SSSR count). The first-order valence-electron chi connectivity index (χ1n) is 5.26. The molecular weight excluding hydrogens is 280 g/mol. The zero-order valence-electron chi connectivity index (χ0n) is 10.2. The lowest BCUT2D eigenvalue weighted by Gasteiger charge is -2.25. The number of halogens is 2. The summed E-state index contributed by atoms with van der Waals surface area (Å²) in [6.07, 6.45) is 0. The average Bonchev–Trinajstić information content (AvgIpc) is 2.36. The summed E-state index contributed by atoms with van der Waals surface area (Å²) in [4.78, 5) is 11.4. The van der Waals surface area contributed by atoms with Crippen molar-refractivity contribution in [2.45, 2.75) is 23.6 Å². The van der Waals surface area contributed by atoms with Gasteiger partial charge in [-0.25, -0.2) is 13.2 Å². The summed E-state index contributed by atoms with van der Waals surface area (Å²) in [6, 6.07) is 4.02. The van der Waals surface area contributed by atoms with Crippen LogP contribution in [-0.4, -0.2) is 38.3 Å². The molecule has 0 spiro atoms. The number of anilines is 1. The van der Waals surface area contributed by atoms with Crippen LogP contribution in [0.15, 0.2) is 29.2 Å². The van der Waals surface area contributed by atoms with Gasteiger partial charge in [-0.05, 0) is 19.1 Å². The molecular formula is C11H13F2NO4S. The second-order valence-electron chi connectivity index (χ2n) is 3.90. The lowest BCUT2D eigenvalue weighted by atomic mass is 10.2. The Balaban J connectivity index is 3.36. The van der Waals surface area contributed by atoms with E-state index in [0.717, 1.165) is 11.0 Å². The highest BCUT2D eigenvalue weighted by molar-refractivity contribution is 7.91. The number of rotatable bonds is 5. The van der Waals surface area contributed by atoms with Gasteiger partial charge in [0.15, 0.2) is 0 Å². The molecule has 106 valence electrons. The minimum Gasteiger partial charge on any atom is -0.480 e. The summed E-state index contributed by atoms with van der Waals surface area (Å²) >= 11 is 0. The van der Waals surface area contributed by atoms with Gasteiger partial charge in [-0.2, -0.15) is 8.78 Å². The molecule has 0 saturated heterocycles. The number of carbonyl (C=O) groups is 1. The zero-order chi connectivity index (χ0) is 14.8.